The van der Waals surface area contributed by atoms with Crippen LogP contribution in [0.15, 0.2) is 11.1 Å². The van der Waals surface area contributed by atoms with E-state index in [0.29, 0.717) is 13.1 Å². The van der Waals surface area contributed by atoms with Gasteiger partial charge in [-0.1, -0.05) is 11.6 Å². The maximum absolute atomic E-state index is 10.8. The quantitative estimate of drug-likeness (QED) is 0.570. The van der Waals surface area contributed by atoms with Gasteiger partial charge in [0.15, 0.2) is 0 Å². The summed E-state index contributed by atoms with van der Waals surface area (Å²) in [5.74, 6) is -0.429. The van der Waals surface area contributed by atoms with Gasteiger partial charge in [0, 0.05) is 18.6 Å². The Morgan fingerprint density at radius 1 is 1.69 bits per heavy atom. The summed E-state index contributed by atoms with van der Waals surface area (Å²) in [6.45, 7) is 2.86. The van der Waals surface area contributed by atoms with E-state index < -0.39 is 11.3 Å². The van der Waals surface area contributed by atoms with Gasteiger partial charge in [0.2, 0.25) is 0 Å². The molecule has 1 N–H and O–H groups in total. The highest BCUT2D eigenvalue weighted by Crippen LogP contribution is 1.97. The molecule has 0 fully saturated rings. The van der Waals surface area contributed by atoms with E-state index in [1.807, 2.05) is 6.92 Å². The van der Waals surface area contributed by atoms with E-state index in [-0.39, 0.29) is 0 Å². The maximum Gasteiger partial charge on any atom is 0.325 e. The van der Waals surface area contributed by atoms with Crippen LogP contribution in [0.4, 0.5) is 0 Å². The van der Waals surface area contributed by atoms with Crippen LogP contribution in [0.3, 0.4) is 0 Å². The fourth-order valence-electron chi connectivity index (χ4n) is 0.646. The van der Waals surface area contributed by atoms with Gasteiger partial charge in [-0.05, 0) is 12.5 Å². The normalized spacial score (nSPS) is 14.0. The van der Waals surface area contributed by atoms with Gasteiger partial charge in [0.05, 0.1) is 7.11 Å². The predicted molar refractivity (Wildman–Crippen MR) is 54.1 cm³/mol. The van der Waals surface area contributed by atoms with Gasteiger partial charge >= 0.3 is 5.97 Å². The fraction of sp³-hybridized carbons (Fsp3) is 0.625. The first kappa shape index (κ1) is 12.8. The number of hydrogen-bond acceptors (Lipinski definition) is 3. The molecule has 0 saturated carbocycles. The highest BCUT2D eigenvalue weighted by atomic mass is 35.5. The molecule has 0 spiro atoms. The Balaban J connectivity index is 3.59. The average Bonchev–Trinajstić information content (AvgIpc) is 2.15. The van der Waals surface area contributed by atoms with Crippen molar-refractivity contribution in [2.24, 2.45) is 0 Å². The smallest absolute Gasteiger partial charge is 0.325 e. The van der Waals surface area contributed by atoms with E-state index in [0.717, 1.165) is 5.57 Å². The van der Waals surface area contributed by atoms with Crippen LogP contribution in [0, 0.1) is 0 Å². The summed E-state index contributed by atoms with van der Waals surface area (Å²) in [5, 5.41) is 2.32. The fourth-order valence-corrected chi connectivity index (χ4v) is 0.921. The summed E-state index contributed by atoms with van der Waals surface area (Å²) in [6, 6.07) is 0. The molecule has 0 saturated heterocycles. The zero-order valence-corrected chi connectivity index (χ0v) is 9.15. The lowest BCUT2D eigenvalue weighted by Gasteiger charge is -2.08. The second kappa shape index (κ2) is 7.18. The van der Waals surface area contributed by atoms with E-state index in [9.17, 15) is 4.79 Å². The van der Waals surface area contributed by atoms with Crippen molar-refractivity contribution in [3.63, 3.8) is 0 Å². The van der Waals surface area contributed by atoms with Crippen LogP contribution in [-0.2, 0) is 9.53 Å². The molecule has 5 heteroatoms. The van der Waals surface area contributed by atoms with Crippen molar-refractivity contribution in [1.29, 1.82) is 0 Å². The Kier molecular flexibility index (Phi) is 7.04. The van der Waals surface area contributed by atoms with E-state index in [2.05, 4.69) is 10.1 Å². The second-order valence-corrected chi connectivity index (χ2v) is 3.32. The van der Waals surface area contributed by atoms with E-state index in [1.165, 1.54) is 12.6 Å². The molecule has 0 amide bonds. The monoisotopic (exact) mass is 225 g/mol. The molecule has 76 valence electrons. The minimum Gasteiger partial charge on any atom is -0.468 e. The van der Waals surface area contributed by atoms with Gasteiger partial charge in [0.25, 0.3) is 0 Å². The zero-order chi connectivity index (χ0) is 10.3. The van der Waals surface area contributed by atoms with E-state index in [4.69, 9.17) is 23.2 Å². The largest absolute Gasteiger partial charge is 0.468 e. The highest BCUT2D eigenvalue weighted by Gasteiger charge is 2.14. The number of esters is 1. The van der Waals surface area contributed by atoms with Gasteiger partial charge in [-0.2, -0.15) is 0 Å². The number of nitrogens with one attached hydrogen (secondary N) is 1. The number of hydrogen-bond donors (Lipinski definition) is 1. The molecule has 0 rings (SSSR count). The van der Waals surface area contributed by atoms with Crippen LogP contribution in [-0.4, -0.2) is 31.5 Å². The Morgan fingerprint density at radius 2 is 2.31 bits per heavy atom. The van der Waals surface area contributed by atoms with Crippen molar-refractivity contribution in [3.05, 3.63) is 11.1 Å². The Hall–Kier alpha value is -0.250. The van der Waals surface area contributed by atoms with Crippen molar-refractivity contribution >= 4 is 29.2 Å². The molecule has 0 aliphatic rings. The lowest BCUT2D eigenvalue weighted by molar-refractivity contribution is -0.140. The zero-order valence-electron chi connectivity index (χ0n) is 7.64. The Morgan fingerprint density at radius 3 is 2.77 bits per heavy atom. The van der Waals surface area contributed by atoms with Gasteiger partial charge in [-0.25, -0.2) is 0 Å². The van der Waals surface area contributed by atoms with Crippen molar-refractivity contribution in [1.82, 2.24) is 5.32 Å². The SMILES string of the molecule is COC(=O)C(Cl)CNCC(C)=CCl. The molecule has 3 nitrogen and oxygen atoms in total. The molecule has 13 heavy (non-hydrogen) atoms. The number of methoxy groups -OCH3 is 1. The number of halogens is 2. The number of carbonyl (C=O) groups excluding carboxylic acids is 1. The average molecular weight is 226 g/mol. The summed E-state index contributed by atoms with van der Waals surface area (Å²) in [7, 11) is 1.31. The number of ether oxygens (including phenoxy) is 1. The Bertz CT molecular complexity index is 195. The molecule has 0 aromatic rings. The van der Waals surface area contributed by atoms with E-state index >= 15 is 0 Å². The predicted octanol–water partition coefficient (Wildman–Crippen LogP) is 1.50. The first-order chi connectivity index (χ1) is 6.11. The summed E-state index contributed by atoms with van der Waals surface area (Å²) in [4.78, 5) is 10.8. The lowest BCUT2D eigenvalue weighted by Crippen LogP contribution is -2.30. The Labute approximate surface area is 88.0 Å². The van der Waals surface area contributed by atoms with Gasteiger partial charge in [-0.3, -0.25) is 4.79 Å². The molecule has 0 aromatic carbocycles. The minimum atomic E-state index is -0.645. The summed E-state index contributed by atoms with van der Waals surface area (Å²) in [5.41, 5.74) is 2.46. The van der Waals surface area contributed by atoms with Crippen molar-refractivity contribution in [2.45, 2.75) is 12.3 Å². The molecule has 1 atom stereocenters. The molecule has 0 aliphatic carbocycles. The third kappa shape index (κ3) is 5.91. The molecule has 1 unspecified atom stereocenters. The number of alkyl halides is 1. The third-order valence-electron chi connectivity index (χ3n) is 1.37. The number of rotatable bonds is 5. The summed E-state index contributed by atoms with van der Waals surface area (Å²) in [6.07, 6.45) is 0. The van der Waals surface area contributed by atoms with Gasteiger partial charge in [0.1, 0.15) is 5.38 Å². The van der Waals surface area contributed by atoms with Crippen LogP contribution < -0.4 is 5.32 Å². The standard InChI is InChI=1S/C8H13Cl2NO2/c1-6(3-9)4-11-5-7(10)8(12)13-2/h3,7,11H,4-5H2,1-2H3. The summed E-state index contributed by atoms with van der Waals surface area (Å²) >= 11 is 11.1. The topological polar surface area (TPSA) is 38.3 Å². The van der Waals surface area contributed by atoms with Gasteiger partial charge in [-0.15, -0.1) is 11.6 Å². The molecule has 0 aromatic heterocycles. The molecule has 0 heterocycles. The van der Waals surface area contributed by atoms with Crippen molar-refractivity contribution in [2.75, 3.05) is 20.2 Å². The molecular weight excluding hydrogens is 213 g/mol. The molecule has 0 bridgehead atoms. The minimum absolute atomic E-state index is 0.371. The van der Waals surface area contributed by atoms with Crippen LogP contribution in [0.2, 0.25) is 0 Å². The van der Waals surface area contributed by atoms with Crippen LogP contribution in [0.5, 0.6) is 0 Å². The molecular formula is C8H13Cl2NO2. The maximum atomic E-state index is 10.8. The first-order valence-corrected chi connectivity index (χ1v) is 4.67. The molecule has 0 radical (unpaired) electrons. The third-order valence-corrected chi connectivity index (χ3v) is 2.08. The van der Waals surface area contributed by atoms with Crippen LogP contribution in [0.25, 0.3) is 0 Å². The first-order valence-electron chi connectivity index (χ1n) is 3.80. The van der Waals surface area contributed by atoms with Gasteiger partial charge < -0.3 is 10.1 Å². The lowest BCUT2D eigenvalue weighted by atomic mass is 10.3. The summed E-state index contributed by atoms with van der Waals surface area (Å²) < 4.78 is 4.44. The second-order valence-electron chi connectivity index (χ2n) is 2.58. The van der Waals surface area contributed by atoms with Crippen molar-refractivity contribution < 1.29 is 9.53 Å². The van der Waals surface area contributed by atoms with Crippen LogP contribution >= 0.6 is 23.2 Å². The van der Waals surface area contributed by atoms with Crippen molar-refractivity contribution in [3.8, 4) is 0 Å². The number of carbonyl (C=O) groups is 1. The highest BCUT2D eigenvalue weighted by molar-refractivity contribution is 6.30. The van der Waals surface area contributed by atoms with E-state index in [1.54, 1.807) is 0 Å². The molecule has 0 aliphatic heterocycles. The van der Waals surface area contributed by atoms with Crippen LogP contribution in [0.1, 0.15) is 6.92 Å².